The predicted molar refractivity (Wildman–Crippen MR) is 114 cm³/mol. The molecule has 150 valence electrons. The van der Waals surface area contributed by atoms with Gasteiger partial charge in [-0.3, -0.25) is 4.79 Å². The van der Waals surface area contributed by atoms with Gasteiger partial charge in [0.1, 0.15) is 23.5 Å². The lowest BCUT2D eigenvalue weighted by Gasteiger charge is -2.34. The molecule has 7 nitrogen and oxygen atoms in total. The molecule has 0 atom stereocenters. The summed E-state index contributed by atoms with van der Waals surface area (Å²) >= 11 is 0. The summed E-state index contributed by atoms with van der Waals surface area (Å²) in [6.45, 7) is 1.40. The van der Waals surface area contributed by atoms with Crippen LogP contribution in [0, 0.1) is 11.3 Å². The number of nitriles is 1. The van der Waals surface area contributed by atoms with Crippen LogP contribution in [0.4, 0.5) is 5.69 Å². The molecule has 0 unspecified atom stereocenters. The molecule has 2 aromatic carbocycles. The summed E-state index contributed by atoms with van der Waals surface area (Å²) in [7, 11) is 1.71. The van der Waals surface area contributed by atoms with Gasteiger partial charge in [-0.2, -0.15) is 5.26 Å². The highest BCUT2D eigenvalue weighted by atomic mass is 16.5. The summed E-state index contributed by atoms with van der Waals surface area (Å²) in [4.78, 5) is 19.1. The number of oxazole rings is 1. The van der Waals surface area contributed by atoms with Gasteiger partial charge in [-0.15, -0.1) is 0 Å². The molecule has 0 bridgehead atoms. The first-order valence-corrected chi connectivity index (χ1v) is 9.93. The highest BCUT2D eigenvalue weighted by Gasteiger charge is 2.26. The number of hydrogen-bond acceptors (Lipinski definition) is 6. The predicted octanol–water partition coefficient (Wildman–Crippen LogP) is 3.60. The lowest BCUT2D eigenvalue weighted by molar-refractivity contribution is 0.173. The Morgan fingerprint density at radius 1 is 1.17 bits per heavy atom. The average molecular weight is 400 g/mol. The van der Waals surface area contributed by atoms with Crippen molar-refractivity contribution in [3.8, 4) is 11.8 Å². The first-order valence-electron chi connectivity index (χ1n) is 9.93. The molecular formula is C23H20N4O3. The molecule has 0 radical (unpaired) electrons. The maximum Gasteiger partial charge on any atom is 0.270 e. The van der Waals surface area contributed by atoms with Crippen molar-refractivity contribution in [3.05, 3.63) is 64.8 Å². The van der Waals surface area contributed by atoms with Crippen molar-refractivity contribution in [1.82, 2.24) is 9.55 Å². The van der Waals surface area contributed by atoms with E-state index in [0.29, 0.717) is 18.7 Å². The zero-order chi connectivity index (χ0) is 20.7. The summed E-state index contributed by atoms with van der Waals surface area (Å²) in [6, 6.07) is 15.5. The Kier molecular flexibility index (Phi) is 4.40. The van der Waals surface area contributed by atoms with E-state index in [2.05, 4.69) is 16.0 Å². The normalized spacial score (nSPS) is 14.9. The Labute approximate surface area is 172 Å². The monoisotopic (exact) mass is 400 g/mol. The average Bonchev–Trinajstić information content (AvgIpc) is 3.27. The van der Waals surface area contributed by atoms with Crippen molar-refractivity contribution >= 4 is 27.7 Å². The van der Waals surface area contributed by atoms with E-state index in [9.17, 15) is 10.1 Å². The van der Waals surface area contributed by atoms with Crippen molar-refractivity contribution in [2.75, 3.05) is 18.0 Å². The number of fused-ring (bicyclic) bond motifs is 2. The first-order chi connectivity index (χ1) is 14.7. The molecule has 1 saturated heterocycles. The van der Waals surface area contributed by atoms with Gasteiger partial charge in [0, 0.05) is 38.4 Å². The van der Waals surface area contributed by atoms with Crippen molar-refractivity contribution < 1.29 is 9.15 Å². The van der Waals surface area contributed by atoms with E-state index in [1.54, 1.807) is 11.6 Å². The Morgan fingerprint density at radius 3 is 2.77 bits per heavy atom. The molecule has 1 aliphatic heterocycles. The summed E-state index contributed by atoms with van der Waals surface area (Å²) in [6.07, 6.45) is 3.02. The van der Waals surface area contributed by atoms with E-state index >= 15 is 0 Å². The number of rotatable bonds is 3. The molecule has 2 aromatic heterocycles. The number of hydrogen-bond donors (Lipinski definition) is 0. The third kappa shape index (κ3) is 2.89. The number of anilines is 1. The second-order valence-corrected chi connectivity index (χ2v) is 7.48. The second-order valence-electron chi connectivity index (χ2n) is 7.48. The van der Waals surface area contributed by atoms with Gasteiger partial charge < -0.3 is 18.6 Å². The number of piperidine rings is 1. The minimum absolute atomic E-state index is 0.0342. The number of para-hydroxylation sites is 2. The number of aryl methyl sites for hydroxylation is 1. The van der Waals surface area contributed by atoms with Gasteiger partial charge in [0.2, 0.25) is 0 Å². The van der Waals surface area contributed by atoms with Crippen LogP contribution in [0.2, 0.25) is 0 Å². The fourth-order valence-electron chi connectivity index (χ4n) is 4.24. The molecule has 5 rings (SSSR count). The van der Waals surface area contributed by atoms with E-state index in [0.717, 1.165) is 40.7 Å². The SMILES string of the molecule is Cn1c(=O)c(C#N)c(N2CCC(Oc3cccc4ocnc34)CC2)c2ccccc21. The molecule has 0 N–H and O–H groups in total. The zero-order valence-electron chi connectivity index (χ0n) is 16.5. The second kappa shape index (κ2) is 7.23. The zero-order valence-corrected chi connectivity index (χ0v) is 16.5. The highest BCUT2D eigenvalue weighted by molar-refractivity contribution is 5.95. The lowest BCUT2D eigenvalue weighted by Crippen LogP contribution is -2.40. The minimum Gasteiger partial charge on any atom is -0.488 e. The molecule has 30 heavy (non-hydrogen) atoms. The highest BCUT2D eigenvalue weighted by Crippen LogP contribution is 2.32. The summed E-state index contributed by atoms with van der Waals surface area (Å²) < 4.78 is 13.1. The number of benzene rings is 2. The molecular weight excluding hydrogens is 380 g/mol. The summed E-state index contributed by atoms with van der Waals surface area (Å²) in [5, 5.41) is 10.6. The largest absolute Gasteiger partial charge is 0.488 e. The van der Waals surface area contributed by atoms with Crippen LogP contribution in [0.5, 0.6) is 5.75 Å². The third-order valence-corrected chi connectivity index (χ3v) is 5.76. The molecule has 4 aromatic rings. The summed E-state index contributed by atoms with van der Waals surface area (Å²) in [5.41, 5.74) is 2.92. The number of nitrogens with zero attached hydrogens (tertiary/aromatic N) is 4. The Hall–Kier alpha value is -3.79. The van der Waals surface area contributed by atoms with Crippen LogP contribution in [0.3, 0.4) is 0 Å². The number of aromatic nitrogens is 2. The Bertz CT molecular complexity index is 1340. The molecule has 0 saturated carbocycles. The summed E-state index contributed by atoms with van der Waals surface area (Å²) in [5.74, 6) is 0.719. The quantitative estimate of drug-likeness (QED) is 0.522. The van der Waals surface area contributed by atoms with Crippen LogP contribution in [-0.4, -0.2) is 28.7 Å². The van der Waals surface area contributed by atoms with Crippen LogP contribution in [-0.2, 0) is 7.05 Å². The van der Waals surface area contributed by atoms with Crippen molar-refractivity contribution in [2.24, 2.45) is 7.05 Å². The fraction of sp³-hybridized carbons (Fsp3) is 0.261. The van der Waals surface area contributed by atoms with Crippen molar-refractivity contribution in [1.29, 1.82) is 5.26 Å². The van der Waals surface area contributed by atoms with E-state index in [-0.39, 0.29) is 17.2 Å². The number of pyridine rings is 1. The van der Waals surface area contributed by atoms with Crippen LogP contribution in [0.15, 0.2) is 58.1 Å². The van der Waals surface area contributed by atoms with Crippen LogP contribution in [0.1, 0.15) is 18.4 Å². The fourth-order valence-corrected chi connectivity index (χ4v) is 4.24. The topological polar surface area (TPSA) is 84.3 Å². The van der Waals surface area contributed by atoms with Gasteiger partial charge in [-0.05, 0) is 18.2 Å². The molecule has 0 spiro atoms. The third-order valence-electron chi connectivity index (χ3n) is 5.76. The molecule has 7 heteroatoms. The minimum atomic E-state index is -0.262. The van der Waals surface area contributed by atoms with E-state index in [1.807, 2.05) is 42.5 Å². The molecule has 0 amide bonds. The molecule has 1 fully saturated rings. The van der Waals surface area contributed by atoms with Gasteiger partial charge in [-0.1, -0.05) is 24.3 Å². The Balaban J connectivity index is 1.43. The lowest BCUT2D eigenvalue weighted by atomic mass is 10.0. The Morgan fingerprint density at radius 2 is 1.97 bits per heavy atom. The molecule has 1 aliphatic rings. The van der Waals surface area contributed by atoms with Gasteiger partial charge >= 0.3 is 0 Å². The van der Waals surface area contributed by atoms with Gasteiger partial charge in [0.15, 0.2) is 17.5 Å². The molecule has 3 heterocycles. The maximum atomic E-state index is 12.8. The van der Waals surface area contributed by atoms with Gasteiger partial charge in [0.25, 0.3) is 5.56 Å². The standard InChI is InChI=1S/C23H20N4O3/c1-26-18-6-3-2-5-16(18)22(17(13-24)23(26)28)27-11-9-15(10-12-27)30-20-8-4-7-19-21(20)25-14-29-19/h2-8,14-15H,9-12H2,1H3. The van der Waals surface area contributed by atoms with Crippen LogP contribution >= 0.6 is 0 Å². The molecule has 0 aliphatic carbocycles. The first kappa shape index (κ1) is 18.3. The van der Waals surface area contributed by atoms with E-state index in [1.165, 1.54) is 6.39 Å². The smallest absolute Gasteiger partial charge is 0.270 e. The maximum absolute atomic E-state index is 12.8. The van der Waals surface area contributed by atoms with Crippen molar-refractivity contribution in [2.45, 2.75) is 18.9 Å². The van der Waals surface area contributed by atoms with Gasteiger partial charge in [-0.25, -0.2) is 4.98 Å². The van der Waals surface area contributed by atoms with Crippen LogP contribution in [0.25, 0.3) is 22.0 Å². The number of ether oxygens (including phenoxy) is 1. The van der Waals surface area contributed by atoms with E-state index < -0.39 is 0 Å². The van der Waals surface area contributed by atoms with Crippen LogP contribution < -0.4 is 15.2 Å². The van der Waals surface area contributed by atoms with Crippen molar-refractivity contribution in [3.63, 3.8) is 0 Å². The van der Waals surface area contributed by atoms with E-state index in [4.69, 9.17) is 9.15 Å². The van der Waals surface area contributed by atoms with Gasteiger partial charge in [0.05, 0.1) is 11.2 Å².